The lowest BCUT2D eigenvalue weighted by molar-refractivity contribution is -0.00574. The Labute approximate surface area is 157 Å². The molecule has 2 saturated heterocycles. The van der Waals surface area contributed by atoms with E-state index in [2.05, 4.69) is 39.6 Å². The fraction of sp³-hybridized carbons (Fsp3) is 0.800. The number of nitrogens with zero attached hydrogens (tertiary/aromatic N) is 5. The summed E-state index contributed by atoms with van der Waals surface area (Å²) in [5.74, 6) is 0.856. The van der Waals surface area contributed by atoms with Crippen LogP contribution >= 0.6 is 0 Å². The minimum Gasteiger partial charge on any atom is -0.372 e. The number of anilines is 1. The van der Waals surface area contributed by atoms with E-state index in [4.69, 9.17) is 9.72 Å². The third kappa shape index (κ3) is 4.35. The molecule has 3 aliphatic rings. The molecule has 26 heavy (non-hydrogen) atoms. The number of ether oxygens (including phenoxy) is 1. The van der Waals surface area contributed by atoms with Gasteiger partial charge in [-0.15, -0.1) is 0 Å². The van der Waals surface area contributed by atoms with Gasteiger partial charge in [0.15, 0.2) is 0 Å². The van der Waals surface area contributed by atoms with Crippen molar-refractivity contribution in [3.05, 3.63) is 18.0 Å². The van der Waals surface area contributed by atoms with Crippen molar-refractivity contribution in [2.45, 2.75) is 64.3 Å². The second-order valence-corrected chi connectivity index (χ2v) is 8.26. The van der Waals surface area contributed by atoms with Crippen molar-refractivity contribution >= 4 is 5.95 Å². The Morgan fingerprint density at radius 1 is 1.04 bits per heavy atom. The SMILES string of the molecule is C[C@@H]1CN(c2nccc(CN3CCN(C4CCCC4)CC3)n2)C[C@@H](C)O1. The van der Waals surface area contributed by atoms with Gasteiger partial charge in [-0.2, -0.15) is 0 Å². The first-order valence-electron chi connectivity index (χ1n) is 10.4. The summed E-state index contributed by atoms with van der Waals surface area (Å²) in [4.78, 5) is 16.9. The molecule has 3 heterocycles. The Balaban J connectivity index is 1.33. The molecule has 0 unspecified atom stereocenters. The standard InChI is InChI=1S/C20H33N5O/c1-16-13-25(14-17(2)26-16)20-21-8-7-18(22-20)15-23-9-11-24(12-10-23)19-5-3-4-6-19/h7-8,16-17,19H,3-6,9-15H2,1-2H3/t16-,17-/m1/s1. The lowest BCUT2D eigenvalue weighted by atomic mass is 10.2. The largest absolute Gasteiger partial charge is 0.372 e. The van der Waals surface area contributed by atoms with Crippen LogP contribution in [0.25, 0.3) is 0 Å². The first-order chi connectivity index (χ1) is 12.7. The Morgan fingerprint density at radius 3 is 2.42 bits per heavy atom. The van der Waals surface area contributed by atoms with Gasteiger partial charge < -0.3 is 9.64 Å². The highest BCUT2D eigenvalue weighted by atomic mass is 16.5. The molecule has 2 atom stereocenters. The van der Waals surface area contributed by atoms with E-state index in [9.17, 15) is 0 Å². The van der Waals surface area contributed by atoms with E-state index in [0.29, 0.717) is 0 Å². The van der Waals surface area contributed by atoms with Crippen LogP contribution in [0.1, 0.15) is 45.2 Å². The first kappa shape index (κ1) is 18.1. The topological polar surface area (TPSA) is 44.7 Å². The maximum Gasteiger partial charge on any atom is 0.225 e. The van der Waals surface area contributed by atoms with E-state index in [1.807, 2.05) is 6.20 Å². The van der Waals surface area contributed by atoms with Gasteiger partial charge in [0.2, 0.25) is 5.95 Å². The predicted octanol–water partition coefficient (Wildman–Crippen LogP) is 2.15. The highest BCUT2D eigenvalue weighted by Gasteiger charge is 2.27. The van der Waals surface area contributed by atoms with Crippen LogP contribution in [0, 0.1) is 0 Å². The number of hydrogen-bond acceptors (Lipinski definition) is 6. The third-order valence-electron chi connectivity index (χ3n) is 6.04. The van der Waals surface area contributed by atoms with Crippen molar-refractivity contribution in [1.82, 2.24) is 19.8 Å². The van der Waals surface area contributed by atoms with E-state index < -0.39 is 0 Å². The zero-order valence-corrected chi connectivity index (χ0v) is 16.3. The molecule has 144 valence electrons. The molecule has 2 aliphatic heterocycles. The van der Waals surface area contributed by atoms with Crippen LogP contribution in [-0.4, -0.2) is 77.3 Å². The van der Waals surface area contributed by atoms with Crippen LogP contribution in [-0.2, 0) is 11.3 Å². The monoisotopic (exact) mass is 359 g/mol. The Kier molecular flexibility index (Phi) is 5.72. The van der Waals surface area contributed by atoms with Crippen LogP contribution in [0.4, 0.5) is 5.95 Å². The van der Waals surface area contributed by atoms with Gasteiger partial charge in [-0.05, 0) is 32.8 Å². The van der Waals surface area contributed by atoms with Gasteiger partial charge >= 0.3 is 0 Å². The van der Waals surface area contributed by atoms with Crippen molar-refractivity contribution in [1.29, 1.82) is 0 Å². The Morgan fingerprint density at radius 2 is 1.73 bits per heavy atom. The summed E-state index contributed by atoms with van der Waals surface area (Å²) in [7, 11) is 0. The number of rotatable bonds is 4. The molecule has 0 bridgehead atoms. The van der Waals surface area contributed by atoms with Crippen LogP contribution in [0.5, 0.6) is 0 Å². The normalized spacial score (nSPS) is 29.4. The summed E-state index contributed by atoms with van der Waals surface area (Å²) < 4.78 is 5.83. The highest BCUT2D eigenvalue weighted by molar-refractivity contribution is 5.31. The fourth-order valence-corrected chi connectivity index (χ4v) is 4.75. The summed E-state index contributed by atoms with van der Waals surface area (Å²) >= 11 is 0. The van der Waals surface area contributed by atoms with E-state index in [1.54, 1.807) is 0 Å². The lowest BCUT2D eigenvalue weighted by Crippen LogP contribution is -2.49. The Hall–Kier alpha value is -1.24. The van der Waals surface area contributed by atoms with Crippen LogP contribution < -0.4 is 4.90 Å². The summed E-state index contributed by atoms with van der Waals surface area (Å²) in [5.41, 5.74) is 1.14. The molecular weight excluding hydrogens is 326 g/mol. The van der Waals surface area contributed by atoms with Gasteiger partial charge in [0.1, 0.15) is 0 Å². The van der Waals surface area contributed by atoms with Crippen molar-refractivity contribution < 1.29 is 4.74 Å². The number of piperazine rings is 1. The molecule has 0 aromatic carbocycles. The van der Waals surface area contributed by atoms with Crippen molar-refractivity contribution in [3.8, 4) is 0 Å². The minimum absolute atomic E-state index is 0.231. The molecule has 6 heteroatoms. The van der Waals surface area contributed by atoms with Crippen molar-refractivity contribution in [2.75, 3.05) is 44.2 Å². The Bertz CT molecular complexity index is 573. The molecule has 1 aliphatic carbocycles. The summed E-state index contributed by atoms with van der Waals surface area (Å²) in [6.45, 7) is 11.6. The van der Waals surface area contributed by atoms with E-state index in [1.165, 1.54) is 38.8 Å². The number of hydrogen-bond donors (Lipinski definition) is 0. The number of aromatic nitrogens is 2. The second kappa shape index (κ2) is 8.19. The van der Waals surface area contributed by atoms with Crippen LogP contribution in [0.2, 0.25) is 0 Å². The molecule has 4 rings (SSSR count). The van der Waals surface area contributed by atoms with Gasteiger partial charge in [0, 0.05) is 58.1 Å². The average Bonchev–Trinajstić information content (AvgIpc) is 3.16. The third-order valence-corrected chi connectivity index (χ3v) is 6.04. The molecule has 0 N–H and O–H groups in total. The quantitative estimate of drug-likeness (QED) is 0.821. The molecule has 0 spiro atoms. The summed E-state index contributed by atoms with van der Waals surface area (Å²) in [6.07, 6.45) is 8.04. The summed E-state index contributed by atoms with van der Waals surface area (Å²) in [6, 6.07) is 2.92. The molecular formula is C20H33N5O. The molecule has 0 amide bonds. The van der Waals surface area contributed by atoms with Crippen LogP contribution in [0.3, 0.4) is 0 Å². The maximum absolute atomic E-state index is 5.83. The summed E-state index contributed by atoms with van der Waals surface area (Å²) in [5, 5.41) is 0. The van der Waals surface area contributed by atoms with E-state index in [-0.39, 0.29) is 12.2 Å². The predicted molar refractivity (Wildman–Crippen MR) is 103 cm³/mol. The smallest absolute Gasteiger partial charge is 0.225 e. The zero-order chi connectivity index (χ0) is 17.9. The van der Waals surface area contributed by atoms with Gasteiger partial charge in [0.05, 0.1) is 17.9 Å². The second-order valence-electron chi connectivity index (χ2n) is 8.26. The molecule has 6 nitrogen and oxygen atoms in total. The van der Waals surface area contributed by atoms with E-state index in [0.717, 1.165) is 50.4 Å². The molecule has 1 aromatic heterocycles. The number of morpholine rings is 1. The van der Waals surface area contributed by atoms with Gasteiger partial charge in [0.25, 0.3) is 0 Å². The van der Waals surface area contributed by atoms with Gasteiger partial charge in [-0.1, -0.05) is 12.8 Å². The molecule has 1 saturated carbocycles. The molecule has 0 radical (unpaired) electrons. The lowest BCUT2D eigenvalue weighted by Gasteiger charge is -2.38. The highest BCUT2D eigenvalue weighted by Crippen LogP contribution is 2.24. The van der Waals surface area contributed by atoms with E-state index >= 15 is 0 Å². The average molecular weight is 360 g/mol. The van der Waals surface area contributed by atoms with Crippen LogP contribution in [0.15, 0.2) is 12.3 Å². The fourth-order valence-electron chi connectivity index (χ4n) is 4.75. The van der Waals surface area contributed by atoms with Crippen molar-refractivity contribution in [3.63, 3.8) is 0 Å². The zero-order valence-electron chi connectivity index (χ0n) is 16.3. The van der Waals surface area contributed by atoms with Crippen molar-refractivity contribution in [2.24, 2.45) is 0 Å². The first-order valence-corrected chi connectivity index (χ1v) is 10.4. The molecule has 3 fully saturated rings. The maximum atomic E-state index is 5.83. The van der Waals surface area contributed by atoms with Gasteiger partial charge in [-0.3, -0.25) is 9.80 Å². The van der Waals surface area contributed by atoms with Gasteiger partial charge in [-0.25, -0.2) is 9.97 Å². The minimum atomic E-state index is 0.231. The molecule has 1 aromatic rings.